The maximum absolute atomic E-state index is 13.3. The van der Waals surface area contributed by atoms with E-state index in [1.807, 2.05) is 78.9 Å². The van der Waals surface area contributed by atoms with Crippen molar-refractivity contribution < 1.29 is 9.59 Å². The maximum atomic E-state index is 13.3. The van der Waals surface area contributed by atoms with Crippen molar-refractivity contribution in [3.8, 4) is 21.1 Å². The molecule has 5 nitrogen and oxygen atoms in total. The third-order valence-electron chi connectivity index (χ3n) is 5.47. The van der Waals surface area contributed by atoms with E-state index in [1.54, 1.807) is 29.5 Å². The van der Waals surface area contributed by atoms with E-state index in [0.717, 1.165) is 25.7 Å². The van der Waals surface area contributed by atoms with Crippen molar-refractivity contribution in [2.75, 3.05) is 5.32 Å². The smallest absolute Gasteiger partial charge is 0.267 e. The number of anilines is 1. The van der Waals surface area contributed by atoms with Crippen LogP contribution in [-0.2, 0) is 0 Å². The lowest BCUT2D eigenvalue weighted by molar-refractivity contribution is 0.102. The van der Waals surface area contributed by atoms with Gasteiger partial charge in [0, 0.05) is 11.1 Å². The number of amides is 1. The molecule has 0 spiro atoms. The van der Waals surface area contributed by atoms with E-state index in [2.05, 4.69) is 15.3 Å². The first kappa shape index (κ1) is 22.5. The van der Waals surface area contributed by atoms with Crippen molar-refractivity contribution >= 4 is 61.0 Å². The molecule has 0 aliphatic rings. The van der Waals surface area contributed by atoms with Gasteiger partial charge >= 0.3 is 0 Å². The van der Waals surface area contributed by atoms with Crippen LogP contribution in [0.4, 0.5) is 5.13 Å². The van der Waals surface area contributed by atoms with E-state index >= 15 is 0 Å². The SMILES string of the molecule is O=C(Nc1nc(-c2ccccc2)c(C(=O)c2ccccc2)s1)c1ccc(-c2nc3ccccc3s2)s1. The predicted molar refractivity (Wildman–Crippen MR) is 148 cm³/mol. The molecule has 8 heteroatoms. The molecule has 3 heterocycles. The first-order valence-electron chi connectivity index (χ1n) is 11.1. The van der Waals surface area contributed by atoms with Crippen LogP contribution in [-0.4, -0.2) is 21.7 Å². The van der Waals surface area contributed by atoms with E-state index < -0.39 is 0 Å². The van der Waals surface area contributed by atoms with Crippen LogP contribution in [0.1, 0.15) is 24.9 Å². The molecule has 174 valence electrons. The summed E-state index contributed by atoms with van der Waals surface area (Å²) in [6.45, 7) is 0. The summed E-state index contributed by atoms with van der Waals surface area (Å²) >= 11 is 4.18. The quantitative estimate of drug-likeness (QED) is 0.228. The number of para-hydroxylation sites is 1. The molecule has 0 aliphatic carbocycles. The van der Waals surface area contributed by atoms with Gasteiger partial charge in [-0.1, -0.05) is 84.1 Å². The minimum atomic E-state index is -0.264. The highest BCUT2D eigenvalue weighted by molar-refractivity contribution is 7.26. The summed E-state index contributed by atoms with van der Waals surface area (Å²) in [6, 6.07) is 30.3. The molecular weight excluding hydrogens is 507 g/mol. The van der Waals surface area contributed by atoms with Crippen LogP contribution in [0, 0.1) is 0 Å². The second kappa shape index (κ2) is 9.58. The maximum Gasteiger partial charge on any atom is 0.267 e. The van der Waals surface area contributed by atoms with Crippen LogP contribution in [0.15, 0.2) is 97.1 Å². The molecule has 0 saturated heterocycles. The first-order valence-corrected chi connectivity index (χ1v) is 13.5. The molecule has 6 rings (SSSR count). The number of hydrogen-bond acceptors (Lipinski definition) is 7. The van der Waals surface area contributed by atoms with Gasteiger partial charge in [0.15, 0.2) is 5.13 Å². The lowest BCUT2D eigenvalue weighted by Crippen LogP contribution is -2.09. The minimum absolute atomic E-state index is 0.123. The minimum Gasteiger partial charge on any atom is -0.297 e. The Morgan fingerprint density at radius 3 is 2.19 bits per heavy atom. The third-order valence-corrected chi connectivity index (χ3v) is 8.73. The van der Waals surface area contributed by atoms with E-state index in [1.165, 1.54) is 22.7 Å². The summed E-state index contributed by atoms with van der Waals surface area (Å²) < 4.78 is 1.11. The second-order valence-electron chi connectivity index (χ2n) is 7.86. The van der Waals surface area contributed by atoms with Crippen LogP contribution in [0.3, 0.4) is 0 Å². The average molecular weight is 524 g/mol. The summed E-state index contributed by atoms with van der Waals surface area (Å²) in [7, 11) is 0. The van der Waals surface area contributed by atoms with E-state index in [9.17, 15) is 9.59 Å². The topological polar surface area (TPSA) is 72.0 Å². The highest BCUT2D eigenvalue weighted by Gasteiger charge is 2.22. The molecule has 0 saturated carbocycles. The number of fused-ring (bicyclic) bond motifs is 1. The van der Waals surface area contributed by atoms with Crippen LogP contribution >= 0.6 is 34.0 Å². The van der Waals surface area contributed by atoms with E-state index in [0.29, 0.717) is 26.1 Å². The number of benzene rings is 3. The molecule has 3 aromatic carbocycles. The van der Waals surface area contributed by atoms with Gasteiger partial charge in [-0.2, -0.15) is 0 Å². The molecule has 1 N–H and O–H groups in total. The van der Waals surface area contributed by atoms with Gasteiger partial charge in [-0.05, 0) is 24.3 Å². The van der Waals surface area contributed by atoms with Crippen LogP contribution < -0.4 is 5.32 Å². The molecule has 3 aromatic heterocycles. The molecule has 36 heavy (non-hydrogen) atoms. The van der Waals surface area contributed by atoms with E-state index in [4.69, 9.17) is 0 Å². The number of carbonyl (C=O) groups is 2. The number of nitrogens with one attached hydrogen (secondary N) is 1. The molecule has 0 bridgehead atoms. The van der Waals surface area contributed by atoms with Crippen molar-refractivity contribution in [1.29, 1.82) is 0 Å². The number of ketones is 1. The largest absolute Gasteiger partial charge is 0.297 e. The standard InChI is InChI=1S/C28H17N3O2S3/c32-24(18-11-5-2-6-12-18)25-23(17-9-3-1-4-10-17)30-28(36-25)31-26(33)21-15-16-22(34-21)27-29-19-13-7-8-14-20(19)35-27/h1-16H,(H,30,31,33). The van der Waals surface area contributed by atoms with Crippen molar-refractivity contribution in [2.24, 2.45) is 0 Å². The van der Waals surface area contributed by atoms with Gasteiger partial charge in [0.05, 0.1) is 25.7 Å². The Labute approximate surface area is 218 Å². The van der Waals surface area contributed by atoms with Crippen molar-refractivity contribution in [3.63, 3.8) is 0 Å². The third kappa shape index (κ3) is 4.37. The van der Waals surface area contributed by atoms with Crippen LogP contribution in [0.25, 0.3) is 31.4 Å². The average Bonchev–Trinajstić information content (AvgIpc) is 3.67. The van der Waals surface area contributed by atoms with Gasteiger partial charge in [-0.3, -0.25) is 14.9 Å². The number of nitrogens with zero attached hydrogens (tertiary/aromatic N) is 2. The Bertz CT molecular complexity index is 1670. The fourth-order valence-electron chi connectivity index (χ4n) is 3.75. The highest BCUT2D eigenvalue weighted by atomic mass is 32.1. The van der Waals surface area contributed by atoms with Gasteiger partial charge in [-0.15, -0.1) is 22.7 Å². The van der Waals surface area contributed by atoms with Crippen LogP contribution in [0.5, 0.6) is 0 Å². The van der Waals surface area contributed by atoms with Gasteiger partial charge < -0.3 is 0 Å². The van der Waals surface area contributed by atoms with Crippen molar-refractivity contribution in [2.45, 2.75) is 0 Å². The molecule has 0 fully saturated rings. The second-order valence-corrected chi connectivity index (χ2v) is 11.0. The van der Waals surface area contributed by atoms with Gasteiger partial charge in [0.25, 0.3) is 5.91 Å². The Morgan fingerprint density at radius 1 is 0.694 bits per heavy atom. The predicted octanol–water partition coefficient (Wildman–Crippen LogP) is 7.63. The first-order chi connectivity index (χ1) is 17.7. The lowest BCUT2D eigenvalue weighted by atomic mass is 10.1. The number of rotatable bonds is 6. The number of aromatic nitrogens is 2. The zero-order valence-corrected chi connectivity index (χ0v) is 21.1. The summed E-state index contributed by atoms with van der Waals surface area (Å²) in [5, 5.41) is 4.16. The Hall–Kier alpha value is -3.98. The number of hydrogen-bond donors (Lipinski definition) is 1. The fraction of sp³-hybridized carbons (Fsp3) is 0. The summed E-state index contributed by atoms with van der Waals surface area (Å²) in [4.78, 5) is 37.7. The van der Waals surface area contributed by atoms with E-state index in [-0.39, 0.29) is 11.7 Å². The molecule has 1 amide bonds. The van der Waals surface area contributed by atoms with Gasteiger partial charge in [0.1, 0.15) is 9.88 Å². The molecule has 6 aromatic rings. The lowest BCUT2D eigenvalue weighted by Gasteiger charge is -2.02. The Balaban J connectivity index is 1.29. The monoisotopic (exact) mass is 523 g/mol. The Morgan fingerprint density at radius 2 is 1.42 bits per heavy atom. The molecule has 0 atom stereocenters. The highest BCUT2D eigenvalue weighted by Crippen LogP contribution is 2.36. The van der Waals surface area contributed by atoms with Gasteiger partial charge in [0.2, 0.25) is 5.78 Å². The Kier molecular flexibility index (Phi) is 5.98. The number of thiazole rings is 2. The van der Waals surface area contributed by atoms with Gasteiger partial charge in [-0.25, -0.2) is 9.97 Å². The normalized spacial score (nSPS) is 11.0. The molecule has 0 unspecified atom stereocenters. The molecule has 0 radical (unpaired) electrons. The fourth-order valence-corrected chi connectivity index (χ4v) is 6.62. The summed E-state index contributed by atoms with van der Waals surface area (Å²) in [5.41, 5.74) is 2.91. The zero-order chi connectivity index (χ0) is 24.5. The van der Waals surface area contributed by atoms with Crippen LogP contribution in [0.2, 0.25) is 0 Å². The summed E-state index contributed by atoms with van der Waals surface area (Å²) in [5.74, 6) is -0.388. The summed E-state index contributed by atoms with van der Waals surface area (Å²) in [6.07, 6.45) is 0. The zero-order valence-electron chi connectivity index (χ0n) is 18.7. The van der Waals surface area contributed by atoms with Crippen molar-refractivity contribution in [1.82, 2.24) is 9.97 Å². The molecular formula is C28H17N3O2S3. The molecule has 0 aliphatic heterocycles. The number of carbonyl (C=O) groups excluding carboxylic acids is 2. The van der Waals surface area contributed by atoms with Crippen molar-refractivity contribution in [3.05, 3.63) is 112 Å². The number of thiophene rings is 1.